The number of hydrogen-bond donors (Lipinski definition) is 6. The first-order valence-corrected chi connectivity index (χ1v) is 4.61. The van der Waals surface area contributed by atoms with Gasteiger partial charge in [-0.2, -0.15) is 0 Å². The molecule has 6 N–H and O–H groups in total. The molecule has 1 heterocycles. The molecule has 0 spiro atoms. The lowest BCUT2D eigenvalue weighted by molar-refractivity contribution is -0.159. The lowest BCUT2D eigenvalue weighted by Gasteiger charge is -2.26. The summed E-state index contributed by atoms with van der Waals surface area (Å²) < 4.78 is 4.42. The van der Waals surface area contributed by atoms with Crippen molar-refractivity contribution >= 4 is 5.97 Å². The summed E-state index contributed by atoms with van der Waals surface area (Å²) in [5, 5.41) is 54.6. The Labute approximate surface area is 90.3 Å². The second-order valence-electron chi connectivity index (χ2n) is 3.57. The molecule has 1 aliphatic rings. The fourth-order valence-corrected chi connectivity index (χ4v) is 1.39. The maximum absolute atomic E-state index is 10.8. The minimum atomic E-state index is -1.81. The second kappa shape index (κ2) is 5.04. The van der Waals surface area contributed by atoms with E-state index < -0.39 is 49.2 Å². The van der Waals surface area contributed by atoms with Crippen molar-refractivity contribution in [3.63, 3.8) is 0 Å². The van der Waals surface area contributed by atoms with Crippen molar-refractivity contribution in [2.24, 2.45) is 0 Å². The highest BCUT2D eigenvalue weighted by Crippen LogP contribution is 2.21. The standard InChI is InChI=1S/C8H14O8/c9-1-2(10)3(11)4(12)7-5(13)6(14)8(15)16-7/h2-7,9-14H,1H2/t2-,3+,4+,5-,6+,7-/m0/s1. The van der Waals surface area contributed by atoms with Crippen LogP contribution >= 0.6 is 0 Å². The molecule has 0 aliphatic carbocycles. The van der Waals surface area contributed by atoms with Gasteiger partial charge in [-0.15, -0.1) is 0 Å². The number of esters is 1. The molecule has 1 aliphatic heterocycles. The average molecular weight is 238 g/mol. The van der Waals surface area contributed by atoms with E-state index in [1.165, 1.54) is 0 Å². The van der Waals surface area contributed by atoms with E-state index in [0.717, 1.165) is 0 Å². The summed E-state index contributed by atoms with van der Waals surface area (Å²) in [7, 11) is 0. The fraction of sp³-hybridized carbons (Fsp3) is 0.875. The highest BCUT2D eigenvalue weighted by atomic mass is 16.6. The first kappa shape index (κ1) is 13.3. The van der Waals surface area contributed by atoms with Crippen molar-refractivity contribution < 1.29 is 40.2 Å². The third-order valence-electron chi connectivity index (χ3n) is 2.42. The van der Waals surface area contributed by atoms with Gasteiger partial charge in [-0.3, -0.25) is 0 Å². The number of ether oxygens (including phenoxy) is 1. The molecule has 16 heavy (non-hydrogen) atoms. The van der Waals surface area contributed by atoms with Crippen LogP contribution in [-0.2, 0) is 9.53 Å². The van der Waals surface area contributed by atoms with Crippen LogP contribution in [-0.4, -0.2) is 79.8 Å². The summed E-state index contributed by atoms with van der Waals surface area (Å²) in [6.45, 7) is -0.808. The molecule has 0 saturated carbocycles. The summed E-state index contributed by atoms with van der Waals surface area (Å²) in [6.07, 6.45) is -10.3. The predicted molar refractivity (Wildman–Crippen MR) is 47.0 cm³/mol. The van der Waals surface area contributed by atoms with Crippen LogP contribution in [0, 0.1) is 0 Å². The quantitative estimate of drug-likeness (QED) is 0.269. The van der Waals surface area contributed by atoms with Gasteiger partial charge in [0.2, 0.25) is 0 Å². The van der Waals surface area contributed by atoms with Gasteiger partial charge < -0.3 is 35.4 Å². The van der Waals surface area contributed by atoms with E-state index in [4.69, 9.17) is 15.3 Å². The van der Waals surface area contributed by atoms with Crippen molar-refractivity contribution in [3.05, 3.63) is 0 Å². The van der Waals surface area contributed by atoms with Crippen molar-refractivity contribution in [1.82, 2.24) is 0 Å². The third-order valence-corrected chi connectivity index (χ3v) is 2.42. The van der Waals surface area contributed by atoms with Gasteiger partial charge in [-0.1, -0.05) is 0 Å². The van der Waals surface area contributed by atoms with Crippen molar-refractivity contribution in [2.75, 3.05) is 6.61 Å². The zero-order chi connectivity index (χ0) is 12.5. The lowest BCUT2D eigenvalue weighted by atomic mass is 9.99. The van der Waals surface area contributed by atoms with Crippen molar-refractivity contribution in [1.29, 1.82) is 0 Å². The summed E-state index contributed by atoms with van der Waals surface area (Å²) >= 11 is 0. The smallest absolute Gasteiger partial charge is 0.338 e. The van der Waals surface area contributed by atoms with E-state index in [-0.39, 0.29) is 0 Å². The largest absolute Gasteiger partial charge is 0.455 e. The predicted octanol–water partition coefficient (Wildman–Crippen LogP) is -4.29. The molecule has 0 aromatic carbocycles. The van der Waals surface area contributed by atoms with E-state index in [0.29, 0.717) is 0 Å². The molecule has 8 heteroatoms. The number of carbonyl (C=O) groups excluding carboxylic acids is 1. The zero-order valence-electron chi connectivity index (χ0n) is 8.17. The van der Waals surface area contributed by atoms with E-state index in [1.54, 1.807) is 0 Å². The highest BCUT2D eigenvalue weighted by molar-refractivity contribution is 5.77. The number of carbonyl (C=O) groups is 1. The third kappa shape index (κ3) is 2.32. The van der Waals surface area contributed by atoms with Gasteiger partial charge in [0.1, 0.15) is 24.4 Å². The Balaban J connectivity index is 2.68. The Kier molecular flexibility index (Phi) is 4.19. The van der Waals surface area contributed by atoms with Gasteiger partial charge in [-0.05, 0) is 0 Å². The number of aliphatic hydroxyl groups excluding tert-OH is 6. The molecule has 94 valence electrons. The zero-order valence-corrected chi connectivity index (χ0v) is 8.17. The molecule has 0 aromatic heterocycles. The van der Waals surface area contributed by atoms with Crippen LogP contribution < -0.4 is 0 Å². The van der Waals surface area contributed by atoms with Crippen LogP contribution in [0.15, 0.2) is 0 Å². The van der Waals surface area contributed by atoms with Crippen LogP contribution in [0.25, 0.3) is 0 Å². The monoisotopic (exact) mass is 238 g/mol. The maximum atomic E-state index is 10.8. The molecule has 0 bridgehead atoms. The molecule has 1 fully saturated rings. The Morgan fingerprint density at radius 1 is 1.25 bits per heavy atom. The van der Waals surface area contributed by atoms with Gasteiger partial charge in [-0.25, -0.2) is 4.79 Å². The van der Waals surface area contributed by atoms with E-state index >= 15 is 0 Å². The number of cyclic esters (lactones) is 1. The number of rotatable bonds is 4. The van der Waals surface area contributed by atoms with Gasteiger partial charge in [0, 0.05) is 0 Å². The SMILES string of the molecule is O=C1O[C@@H]([C@H](O)[C@H](O)[C@@H](O)CO)[C@@H](O)[C@H]1O. The molecule has 0 unspecified atom stereocenters. The Morgan fingerprint density at radius 3 is 2.19 bits per heavy atom. The molecule has 0 radical (unpaired) electrons. The topological polar surface area (TPSA) is 148 Å². The van der Waals surface area contributed by atoms with E-state index in [9.17, 15) is 20.1 Å². The second-order valence-corrected chi connectivity index (χ2v) is 3.57. The van der Waals surface area contributed by atoms with Crippen LogP contribution in [0.4, 0.5) is 0 Å². The summed E-state index contributed by atoms with van der Waals surface area (Å²) in [6, 6.07) is 0. The Bertz CT molecular complexity index is 256. The van der Waals surface area contributed by atoms with Gasteiger partial charge in [0.05, 0.1) is 6.61 Å². The molecular formula is C8H14O8. The molecular weight excluding hydrogens is 224 g/mol. The number of aliphatic hydroxyl groups is 6. The van der Waals surface area contributed by atoms with Gasteiger partial charge in [0.25, 0.3) is 0 Å². The van der Waals surface area contributed by atoms with Crippen LogP contribution in [0.2, 0.25) is 0 Å². The Hall–Kier alpha value is -0.770. The van der Waals surface area contributed by atoms with E-state index in [2.05, 4.69) is 4.74 Å². The van der Waals surface area contributed by atoms with Gasteiger partial charge in [0.15, 0.2) is 12.2 Å². The minimum Gasteiger partial charge on any atom is -0.455 e. The van der Waals surface area contributed by atoms with Crippen molar-refractivity contribution in [3.8, 4) is 0 Å². The summed E-state index contributed by atoms with van der Waals surface area (Å²) in [5.41, 5.74) is 0. The highest BCUT2D eigenvalue weighted by Gasteiger charge is 2.48. The molecule has 0 amide bonds. The summed E-state index contributed by atoms with van der Waals surface area (Å²) in [5.74, 6) is -1.12. The normalized spacial score (nSPS) is 35.6. The molecule has 1 saturated heterocycles. The molecule has 8 nitrogen and oxygen atoms in total. The van der Waals surface area contributed by atoms with Crippen LogP contribution in [0.1, 0.15) is 0 Å². The molecule has 1 rings (SSSR count). The summed E-state index contributed by atoms with van der Waals surface area (Å²) in [4.78, 5) is 10.8. The number of hydrogen-bond acceptors (Lipinski definition) is 8. The lowest BCUT2D eigenvalue weighted by Crippen LogP contribution is -2.50. The Morgan fingerprint density at radius 2 is 1.81 bits per heavy atom. The minimum absolute atomic E-state index is 0.808. The van der Waals surface area contributed by atoms with Crippen LogP contribution in [0.5, 0.6) is 0 Å². The average Bonchev–Trinajstić information content (AvgIpc) is 2.54. The first-order valence-electron chi connectivity index (χ1n) is 4.61. The first-order chi connectivity index (χ1) is 7.40. The van der Waals surface area contributed by atoms with Crippen LogP contribution in [0.3, 0.4) is 0 Å². The maximum Gasteiger partial charge on any atom is 0.338 e. The fourth-order valence-electron chi connectivity index (χ4n) is 1.39. The van der Waals surface area contributed by atoms with E-state index in [1.807, 2.05) is 0 Å². The molecule has 6 atom stereocenters. The van der Waals surface area contributed by atoms with Gasteiger partial charge >= 0.3 is 5.97 Å². The molecule has 0 aromatic rings. The van der Waals surface area contributed by atoms with Crippen molar-refractivity contribution in [2.45, 2.75) is 36.6 Å².